The molecule has 1 N–H and O–H groups in total. The maximum atomic E-state index is 10.0. The summed E-state index contributed by atoms with van der Waals surface area (Å²) in [5.41, 5.74) is 0. The second kappa shape index (κ2) is 6.89. The first kappa shape index (κ1) is 14.3. The van der Waals surface area contributed by atoms with Crippen molar-refractivity contribution in [3.8, 4) is 5.75 Å². The van der Waals surface area contributed by atoms with E-state index in [2.05, 4.69) is 18.7 Å². The zero-order chi connectivity index (χ0) is 13.7. The van der Waals surface area contributed by atoms with E-state index in [0.29, 0.717) is 13.2 Å². The smallest absolute Gasteiger partial charge is 0.119 e. The number of hydrogen-bond donors (Lipinski definition) is 1. The standard InChI is InChI=1S/C15H23NO3/c1-12-8-16(9-13(2)19-12)10-14(17)11-18-15-6-4-3-5-7-15/h3-7,12-14,17H,8-11H2,1-2H3/t12-,13-,14+/m1/s1. The van der Waals surface area contributed by atoms with Crippen LogP contribution in [0.4, 0.5) is 0 Å². The molecule has 106 valence electrons. The van der Waals surface area contributed by atoms with Gasteiger partial charge in [-0.15, -0.1) is 0 Å². The molecule has 0 aromatic heterocycles. The Balaban J connectivity index is 1.73. The van der Waals surface area contributed by atoms with Gasteiger partial charge in [0.05, 0.1) is 12.2 Å². The molecule has 0 spiro atoms. The van der Waals surface area contributed by atoms with Gasteiger partial charge in [-0.05, 0) is 26.0 Å². The SMILES string of the molecule is C[C@@H]1CN(C[C@H](O)COc2ccccc2)C[C@@H](C)O1. The van der Waals surface area contributed by atoms with Gasteiger partial charge < -0.3 is 14.6 Å². The molecule has 1 aliphatic rings. The number of hydrogen-bond acceptors (Lipinski definition) is 4. The number of nitrogens with zero attached hydrogens (tertiary/aromatic N) is 1. The first-order valence-corrected chi connectivity index (χ1v) is 6.87. The van der Waals surface area contributed by atoms with E-state index in [1.165, 1.54) is 0 Å². The fourth-order valence-corrected chi connectivity index (χ4v) is 2.49. The van der Waals surface area contributed by atoms with Crippen molar-refractivity contribution in [1.29, 1.82) is 0 Å². The molecule has 1 fully saturated rings. The molecule has 4 nitrogen and oxygen atoms in total. The third-order valence-electron chi connectivity index (χ3n) is 3.15. The van der Waals surface area contributed by atoms with E-state index >= 15 is 0 Å². The molecule has 1 heterocycles. The molecule has 3 atom stereocenters. The molecule has 1 aromatic rings. The summed E-state index contributed by atoms with van der Waals surface area (Å²) in [5, 5.41) is 10.0. The molecule has 1 aromatic carbocycles. The molecule has 1 saturated heterocycles. The van der Waals surface area contributed by atoms with Crippen molar-refractivity contribution in [2.24, 2.45) is 0 Å². The summed E-state index contributed by atoms with van der Waals surface area (Å²) in [4.78, 5) is 2.23. The van der Waals surface area contributed by atoms with Gasteiger partial charge in [0.1, 0.15) is 18.5 Å². The molecule has 1 aliphatic heterocycles. The number of aliphatic hydroxyl groups excluding tert-OH is 1. The molecule has 2 rings (SSSR count). The molecule has 0 unspecified atom stereocenters. The Morgan fingerprint density at radius 1 is 1.26 bits per heavy atom. The van der Waals surface area contributed by atoms with Gasteiger partial charge in [-0.1, -0.05) is 18.2 Å². The average molecular weight is 265 g/mol. The number of aliphatic hydroxyl groups is 1. The zero-order valence-corrected chi connectivity index (χ0v) is 11.7. The van der Waals surface area contributed by atoms with Gasteiger partial charge in [0.15, 0.2) is 0 Å². The van der Waals surface area contributed by atoms with Crippen LogP contribution in [0.25, 0.3) is 0 Å². The molecule has 4 heteroatoms. The summed E-state index contributed by atoms with van der Waals surface area (Å²) in [5.74, 6) is 0.797. The van der Waals surface area contributed by atoms with Crippen molar-refractivity contribution in [3.63, 3.8) is 0 Å². The molecule has 0 amide bonds. The lowest BCUT2D eigenvalue weighted by Crippen LogP contribution is -2.48. The second-order valence-electron chi connectivity index (χ2n) is 5.25. The van der Waals surface area contributed by atoms with Crippen LogP contribution in [0, 0.1) is 0 Å². The van der Waals surface area contributed by atoms with Gasteiger partial charge in [0.2, 0.25) is 0 Å². The predicted molar refractivity (Wildman–Crippen MR) is 74.4 cm³/mol. The third kappa shape index (κ3) is 4.82. The van der Waals surface area contributed by atoms with Crippen molar-refractivity contribution in [2.75, 3.05) is 26.2 Å². The maximum Gasteiger partial charge on any atom is 0.119 e. The van der Waals surface area contributed by atoms with Crippen LogP contribution in [0.15, 0.2) is 30.3 Å². The Kier molecular flexibility index (Phi) is 5.19. The largest absolute Gasteiger partial charge is 0.491 e. The van der Waals surface area contributed by atoms with Crippen molar-refractivity contribution < 1.29 is 14.6 Å². The average Bonchev–Trinajstić information content (AvgIpc) is 2.36. The van der Waals surface area contributed by atoms with Gasteiger partial charge in [0.25, 0.3) is 0 Å². The van der Waals surface area contributed by atoms with Crippen LogP contribution in [0.1, 0.15) is 13.8 Å². The topological polar surface area (TPSA) is 41.9 Å². The number of ether oxygens (including phenoxy) is 2. The van der Waals surface area contributed by atoms with E-state index in [1.807, 2.05) is 30.3 Å². The van der Waals surface area contributed by atoms with Crippen molar-refractivity contribution in [3.05, 3.63) is 30.3 Å². The normalized spacial score (nSPS) is 26.1. The van der Waals surface area contributed by atoms with Gasteiger partial charge >= 0.3 is 0 Å². The quantitative estimate of drug-likeness (QED) is 0.877. The highest BCUT2D eigenvalue weighted by atomic mass is 16.5. The molecule has 0 bridgehead atoms. The monoisotopic (exact) mass is 265 g/mol. The van der Waals surface area contributed by atoms with Crippen molar-refractivity contribution in [1.82, 2.24) is 4.90 Å². The Bertz CT molecular complexity index is 361. The first-order valence-electron chi connectivity index (χ1n) is 6.87. The van der Waals surface area contributed by atoms with Crippen LogP contribution in [-0.2, 0) is 4.74 Å². The highest BCUT2D eigenvalue weighted by Gasteiger charge is 2.23. The minimum atomic E-state index is -0.474. The maximum absolute atomic E-state index is 10.0. The van der Waals surface area contributed by atoms with Crippen LogP contribution in [0.5, 0.6) is 5.75 Å². The van der Waals surface area contributed by atoms with Crippen LogP contribution < -0.4 is 4.74 Å². The Morgan fingerprint density at radius 3 is 2.53 bits per heavy atom. The van der Waals surface area contributed by atoms with Crippen LogP contribution in [-0.4, -0.2) is 54.6 Å². The van der Waals surface area contributed by atoms with E-state index in [0.717, 1.165) is 18.8 Å². The fraction of sp³-hybridized carbons (Fsp3) is 0.600. The van der Waals surface area contributed by atoms with Crippen LogP contribution in [0.3, 0.4) is 0 Å². The number of para-hydroxylation sites is 1. The third-order valence-corrected chi connectivity index (χ3v) is 3.15. The van der Waals surface area contributed by atoms with Crippen molar-refractivity contribution in [2.45, 2.75) is 32.2 Å². The molecule has 0 aliphatic carbocycles. The highest BCUT2D eigenvalue weighted by molar-refractivity contribution is 5.20. The van der Waals surface area contributed by atoms with Crippen LogP contribution >= 0.6 is 0 Å². The minimum absolute atomic E-state index is 0.228. The Hall–Kier alpha value is -1.10. The van der Waals surface area contributed by atoms with E-state index in [-0.39, 0.29) is 12.2 Å². The molecule has 0 radical (unpaired) electrons. The van der Waals surface area contributed by atoms with Crippen molar-refractivity contribution >= 4 is 0 Å². The van der Waals surface area contributed by atoms with E-state index in [1.54, 1.807) is 0 Å². The van der Waals surface area contributed by atoms with E-state index < -0.39 is 6.10 Å². The Labute approximate surface area is 114 Å². The molecular weight excluding hydrogens is 242 g/mol. The summed E-state index contributed by atoms with van der Waals surface area (Å²) in [6.07, 6.45) is -0.0188. The van der Waals surface area contributed by atoms with Gasteiger partial charge in [-0.25, -0.2) is 0 Å². The van der Waals surface area contributed by atoms with E-state index in [4.69, 9.17) is 9.47 Å². The lowest BCUT2D eigenvalue weighted by atomic mass is 10.2. The lowest BCUT2D eigenvalue weighted by Gasteiger charge is -2.36. The number of rotatable bonds is 5. The molecular formula is C15H23NO3. The Morgan fingerprint density at radius 2 is 1.89 bits per heavy atom. The summed E-state index contributed by atoms with van der Waals surface area (Å²) in [6.45, 7) is 6.82. The zero-order valence-electron chi connectivity index (χ0n) is 11.7. The number of benzene rings is 1. The predicted octanol–water partition coefficient (Wildman–Crippen LogP) is 1.54. The summed E-state index contributed by atoms with van der Waals surface area (Å²) >= 11 is 0. The van der Waals surface area contributed by atoms with E-state index in [9.17, 15) is 5.11 Å². The summed E-state index contributed by atoms with van der Waals surface area (Å²) in [6, 6.07) is 9.58. The van der Waals surface area contributed by atoms with Gasteiger partial charge in [-0.2, -0.15) is 0 Å². The number of morpholine rings is 1. The highest BCUT2D eigenvalue weighted by Crippen LogP contribution is 2.12. The van der Waals surface area contributed by atoms with Gasteiger partial charge in [0, 0.05) is 19.6 Å². The minimum Gasteiger partial charge on any atom is -0.491 e. The lowest BCUT2D eigenvalue weighted by molar-refractivity contribution is -0.0786. The van der Waals surface area contributed by atoms with Crippen LogP contribution in [0.2, 0.25) is 0 Å². The molecule has 0 saturated carbocycles. The van der Waals surface area contributed by atoms with Gasteiger partial charge in [-0.3, -0.25) is 4.90 Å². The second-order valence-corrected chi connectivity index (χ2v) is 5.25. The molecule has 19 heavy (non-hydrogen) atoms. The summed E-state index contributed by atoms with van der Waals surface area (Å²) in [7, 11) is 0. The first-order chi connectivity index (χ1) is 9.13. The summed E-state index contributed by atoms with van der Waals surface area (Å²) < 4.78 is 11.2. The fourth-order valence-electron chi connectivity index (χ4n) is 2.49. The number of β-amino-alcohol motifs (C(OH)–C–C–N with tert-alkyl or cyclic N) is 1.